The molecular weight excluding hydrogens is 248 g/mol. The Morgan fingerprint density at radius 2 is 2.25 bits per heavy atom. The van der Waals surface area contributed by atoms with Crippen molar-refractivity contribution in [1.29, 1.82) is 0 Å². The topological polar surface area (TPSA) is 41.1 Å². The molecule has 112 valence electrons. The van der Waals surface area contributed by atoms with Gasteiger partial charge in [-0.3, -0.25) is 0 Å². The van der Waals surface area contributed by atoms with E-state index in [-0.39, 0.29) is 0 Å². The third-order valence-electron chi connectivity index (χ3n) is 3.92. The highest BCUT2D eigenvalue weighted by molar-refractivity contribution is 5.49. The zero-order chi connectivity index (χ0) is 14.5. The maximum atomic E-state index is 4.79. The van der Waals surface area contributed by atoms with Crippen LogP contribution in [0.3, 0.4) is 0 Å². The van der Waals surface area contributed by atoms with Crippen LogP contribution >= 0.6 is 0 Å². The van der Waals surface area contributed by atoms with Crippen molar-refractivity contribution in [3.8, 4) is 0 Å². The number of rotatable bonds is 5. The SMILES string of the molecule is CCNCc1nc(C(C)C)ncc1N1CCCC(C)C1. The van der Waals surface area contributed by atoms with Gasteiger partial charge >= 0.3 is 0 Å². The largest absolute Gasteiger partial charge is 0.369 e. The van der Waals surface area contributed by atoms with Crippen LogP contribution in [0.4, 0.5) is 5.69 Å². The average molecular weight is 276 g/mol. The van der Waals surface area contributed by atoms with E-state index in [4.69, 9.17) is 4.98 Å². The van der Waals surface area contributed by atoms with Gasteiger partial charge < -0.3 is 10.2 Å². The highest BCUT2D eigenvalue weighted by atomic mass is 15.2. The van der Waals surface area contributed by atoms with Crippen molar-refractivity contribution in [2.24, 2.45) is 5.92 Å². The zero-order valence-electron chi connectivity index (χ0n) is 13.3. The van der Waals surface area contributed by atoms with Crippen molar-refractivity contribution in [3.63, 3.8) is 0 Å². The first kappa shape index (κ1) is 15.2. The van der Waals surface area contributed by atoms with Gasteiger partial charge in [-0.05, 0) is 25.3 Å². The molecule has 0 aromatic carbocycles. The molecule has 0 radical (unpaired) electrons. The van der Waals surface area contributed by atoms with Crippen LogP contribution in [0, 0.1) is 5.92 Å². The number of aromatic nitrogens is 2. The van der Waals surface area contributed by atoms with Gasteiger partial charge in [-0.15, -0.1) is 0 Å². The van der Waals surface area contributed by atoms with E-state index in [1.54, 1.807) is 0 Å². The number of nitrogens with one attached hydrogen (secondary N) is 1. The first-order valence-corrected chi connectivity index (χ1v) is 7.93. The highest BCUT2D eigenvalue weighted by Gasteiger charge is 2.20. The van der Waals surface area contributed by atoms with E-state index in [9.17, 15) is 0 Å². The minimum Gasteiger partial charge on any atom is -0.369 e. The number of nitrogens with zero attached hydrogens (tertiary/aromatic N) is 3. The molecule has 2 heterocycles. The van der Waals surface area contributed by atoms with Gasteiger partial charge in [0.25, 0.3) is 0 Å². The van der Waals surface area contributed by atoms with E-state index in [1.807, 2.05) is 6.20 Å². The Balaban J connectivity index is 2.25. The second kappa shape index (κ2) is 7.02. The van der Waals surface area contributed by atoms with Crippen LogP contribution in [0.5, 0.6) is 0 Å². The molecule has 1 fully saturated rings. The fourth-order valence-electron chi connectivity index (χ4n) is 2.75. The molecule has 1 saturated heterocycles. The Morgan fingerprint density at radius 1 is 1.45 bits per heavy atom. The van der Waals surface area contributed by atoms with Gasteiger partial charge in [0, 0.05) is 25.6 Å². The van der Waals surface area contributed by atoms with E-state index >= 15 is 0 Å². The van der Waals surface area contributed by atoms with Crippen LogP contribution in [0.15, 0.2) is 6.20 Å². The molecule has 0 saturated carbocycles. The summed E-state index contributed by atoms with van der Waals surface area (Å²) < 4.78 is 0. The maximum absolute atomic E-state index is 4.79. The van der Waals surface area contributed by atoms with Gasteiger partial charge in [-0.2, -0.15) is 0 Å². The second-order valence-corrected chi connectivity index (χ2v) is 6.19. The van der Waals surface area contributed by atoms with E-state index < -0.39 is 0 Å². The monoisotopic (exact) mass is 276 g/mol. The number of hydrogen-bond donors (Lipinski definition) is 1. The van der Waals surface area contributed by atoms with Crippen molar-refractivity contribution in [2.75, 3.05) is 24.5 Å². The molecule has 1 unspecified atom stereocenters. The van der Waals surface area contributed by atoms with Crippen LogP contribution < -0.4 is 10.2 Å². The summed E-state index contributed by atoms with van der Waals surface area (Å²) in [6, 6.07) is 0. The fourth-order valence-corrected chi connectivity index (χ4v) is 2.75. The number of anilines is 1. The van der Waals surface area contributed by atoms with Crippen molar-refractivity contribution in [3.05, 3.63) is 17.7 Å². The molecule has 0 aliphatic carbocycles. The molecule has 4 heteroatoms. The average Bonchev–Trinajstić information content (AvgIpc) is 2.44. The summed E-state index contributed by atoms with van der Waals surface area (Å²) in [7, 11) is 0. The molecule has 0 bridgehead atoms. The van der Waals surface area contributed by atoms with Crippen LogP contribution in [0.1, 0.15) is 58.0 Å². The van der Waals surface area contributed by atoms with E-state index in [2.05, 4.69) is 42.9 Å². The van der Waals surface area contributed by atoms with Gasteiger partial charge in [0.05, 0.1) is 17.6 Å². The Labute approximate surface area is 123 Å². The summed E-state index contributed by atoms with van der Waals surface area (Å²) in [5.74, 6) is 2.09. The molecule has 0 spiro atoms. The van der Waals surface area contributed by atoms with Crippen molar-refractivity contribution in [2.45, 2.75) is 53.0 Å². The highest BCUT2D eigenvalue weighted by Crippen LogP contribution is 2.25. The van der Waals surface area contributed by atoms with Crippen LogP contribution in [0.2, 0.25) is 0 Å². The number of hydrogen-bond acceptors (Lipinski definition) is 4. The summed E-state index contributed by atoms with van der Waals surface area (Å²) in [5, 5.41) is 3.40. The van der Waals surface area contributed by atoms with Gasteiger partial charge in [0.2, 0.25) is 0 Å². The lowest BCUT2D eigenvalue weighted by atomic mass is 9.99. The molecule has 1 aliphatic rings. The fraction of sp³-hybridized carbons (Fsp3) is 0.750. The lowest BCUT2D eigenvalue weighted by molar-refractivity contribution is 0.445. The first-order valence-electron chi connectivity index (χ1n) is 7.93. The van der Waals surface area contributed by atoms with E-state index in [0.29, 0.717) is 5.92 Å². The van der Waals surface area contributed by atoms with Gasteiger partial charge in [-0.25, -0.2) is 9.97 Å². The Bertz CT molecular complexity index is 430. The maximum Gasteiger partial charge on any atom is 0.131 e. The Hall–Kier alpha value is -1.16. The van der Waals surface area contributed by atoms with Crippen LogP contribution in [-0.2, 0) is 6.54 Å². The normalized spacial score (nSPS) is 19.6. The standard InChI is InChI=1S/C16H28N4/c1-5-17-9-14-15(10-18-16(19-14)12(2)3)20-8-6-7-13(4)11-20/h10,12-13,17H,5-9,11H2,1-4H3. The molecule has 1 aromatic heterocycles. The predicted octanol–water partition coefficient (Wildman–Crippen LogP) is 2.95. The minimum atomic E-state index is 0.379. The smallest absolute Gasteiger partial charge is 0.131 e. The van der Waals surface area contributed by atoms with Crippen molar-refractivity contribution >= 4 is 5.69 Å². The van der Waals surface area contributed by atoms with Crippen molar-refractivity contribution in [1.82, 2.24) is 15.3 Å². The van der Waals surface area contributed by atoms with E-state index in [1.165, 1.54) is 18.5 Å². The Kier molecular flexibility index (Phi) is 5.35. The molecule has 4 nitrogen and oxygen atoms in total. The van der Waals surface area contributed by atoms with Gasteiger partial charge in [0.1, 0.15) is 5.82 Å². The lowest BCUT2D eigenvalue weighted by Crippen LogP contribution is -2.35. The summed E-state index contributed by atoms with van der Waals surface area (Å²) in [6.45, 7) is 12.8. The van der Waals surface area contributed by atoms with Crippen LogP contribution in [-0.4, -0.2) is 29.6 Å². The summed E-state index contributed by atoms with van der Waals surface area (Å²) >= 11 is 0. The summed E-state index contributed by atoms with van der Waals surface area (Å²) in [4.78, 5) is 11.8. The zero-order valence-corrected chi connectivity index (χ0v) is 13.3. The molecular formula is C16H28N4. The Morgan fingerprint density at radius 3 is 2.90 bits per heavy atom. The van der Waals surface area contributed by atoms with Gasteiger partial charge in [-0.1, -0.05) is 27.7 Å². The molecule has 0 amide bonds. The number of piperidine rings is 1. The third kappa shape index (κ3) is 3.69. The van der Waals surface area contributed by atoms with E-state index in [0.717, 1.165) is 43.6 Å². The second-order valence-electron chi connectivity index (χ2n) is 6.19. The van der Waals surface area contributed by atoms with Crippen LogP contribution in [0.25, 0.3) is 0 Å². The first-order chi connectivity index (χ1) is 9.61. The van der Waals surface area contributed by atoms with Gasteiger partial charge in [0.15, 0.2) is 0 Å². The third-order valence-corrected chi connectivity index (χ3v) is 3.92. The quantitative estimate of drug-likeness (QED) is 0.897. The van der Waals surface area contributed by atoms with Crippen molar-refractivity contribution < 1.29 is 0 Å². The molecule has 1 aliphatic heterocycles. The molecule has 1 atom stereocenters. The minimum absolute atomic E-state index is 0.379. The summed E-state index contributed by atoms with van der Waals surface area (Å²) in [6.07, 6.45) is 4.64. The molecule has 1 N–H and O–H groups in total. The summed E-state index contributed by atoms with van der Waals surface area (Å²) in [5.41, 5.74) is 2.38. The molecule has 1 aromatic rings. The molecule has 2 rings (SSSR count). The molecule has 20 heavy (non-hydrogen) atoms. The lowest BCUT2D eigenvalue weighted by Gasteiger charge is -2.33. The predicted molar refractivity (Wildman–Crippen MR) is 84.1 cm³/mol.